The second-order valence-electron chi connectivity index (χ2n) is 7.72. The Hall–Kier alpha value is -2.28. The highest BCUT2D eigenvalue weighted by atomic mass is 19.1. The summed E-state index contributed by atoms with van der Waals surface area (Å²) >= 11 is 0. The second-order valence-corrected chi connectivity index (χ2v) is 7.72. The molecule has 1 amide bonds. The first kappa shape index (κ1) is 18.1. The van der Waals surface area contributed by atoms with Gasteiger partial charge in [-0.15, -0.1) is 5.10 Å². The number of hydrogen-bond donors (Lipinski definition) is 2. The zero-order chi connectivity index (χ0) is 19.0. The maximum Gasteiger partial charge on any atom is 0.274 e. The molecule has 1 fully saturated rings. The lowest BCUT2D eigenvalue weighted by molar-refractivity contribution is 0.0913. The van der Waals surface area contributed by atoms with Crippen LogP contribution in [0, 0.1) is 18.7 Å². The standard InChI is InChI=1S/C20H26FN5O/c1-12-6-7-15-16(4-3-5-17(15)21)18(12)23-20(27)19-13(2)26(25-24-19)14-8-10-22-11-9-14/h3-5,12,14,18,22H,6-11H2,1-2H3,(H,23,27)/t12-,18-/m1/s1. The van der Waals surface area contributed by atoms with E-state index in [1.165, 1.54) is 6.07 Å². The Morgan fingerprint density at radius 1 is 1.30 bits per heavy atom. The summed E-state index contributed by atoms with van der Waals surface area (Å²) in [5.41, 5.74) is 2.76. The number of fused-ring (bicyclic) bond motifs is 1. The van der Waals surface area contributed by atoms with Gasteiger partial charge in [0.2, 0.25) is 0 Å². The molecule has 0 radical (unpaired) electrons. The fraction of sp³-hybridized carbons (Fsp3) is 0.550. The molecule has 2 N–H and O–H groups in total. The van der Waals surface area contributed by atoms with Crippen molar-refractivity contribution in [1.82, 2.24) is 25.6 Å². The first-order valence-corrected chi connectivity index (χ1v) is 9.77. The third kappa shape index (κ3) is 3.36. The fourth-order valence-corrected chi connectivity index (χ4v) is 4.35. The largest absolute Gasteiger partial charge is 0.343 e. The third-order valence-corrected chi connectivity index (χ3v) is 5.99. The van der Waals surface area contributed by atoms with Crippen molar-refractivity contribution in [3.63, 3.8) is 0 Å². The van der Waals surface area contributed by atoms with Crippen molar-refractivity contribution < 1.29 is 9.18 Å². The van der Waals surface area contributed by atoms with Gasteiger partial charge >= 0.3 is 0 Å². The molecule has 7 heteroatoms. The van der Waals surface area contributed by atoms with Crippen LogP contribution in [-0.4, -0.2) is 34.0 Å². The number of carbonyl (C=O) groups is 1. The number of benzene rings is 1. The highest BCUT2D eigenvalue weighted by Crippen LogP contribution is 2.35. The summed E-state index contributed by atoms with van der Waals surface area (Å²) < 4.78 is 16.0. The minimum absolute atomic E-state index is 0.188. The molecule has 0 saturated carbocycles. The first-order valence-electron chi connectivity index (χ1n) is 9.77. The van der Waals surface area contributed by atoms with Gasteiger partial charge in [0.15, 0.2) is 5.69 Å². The van der Waals surface area contributed by atoms with Gasteiger partial charge in [0.05, 0.1) is 17.8 Å². The number of aromatic nitrogens is 3. The average molecular weight is 371 g/mol. The van der Waals surface area contributed by atoms with E-state index < -0.39 is 0 Å². The Kier molecular flexibility index (Phi) is 4.95. The van der Waals surface area contributed by atoms with Crippen LogP contribution < -0.4 is 10.6 Å². The highest BCUT2D eigenvalue weighted by molar-refractivity contribution is 5.93. The summed E-state index contributed by atoms with van der Waals surface area (Å²) in [6.45, 7) is 5.90. The van der Waals surface area contributed by atoms with E-state index in [-0.39, 0.29) is 29.7 Å². The molecule has 1 aliphatic heterocycles. The minimum atomic E-state index is -0.235. The second kappa shape index (κ2) is 7.38. The molecule has 1 aromatic heterocycles. The Labute approximate surface area is 158 Å². The highest BCUT2D eigenvalue weighted by Gasteiger charge is 2.31. The van der Waals surface area contributed by atoms with E-state index in [1.54, 1.807) is 6.07 Å². The molecule has 0 spiro atoms. The van der Waals surface area contributed by atoms with Crippen LogP contribution in [0.15, 0.2) is 18.2 Å². The lowest BCUT2D eigenvalue weighted by atomic mass is 9.80. The molecule has 4 rings (SSSR count). The average Bonchev–Trinajstić information content (AvgIpc) is 3.06. The first-order chi connectivity index (χ1) is 13.1. The molecule has 6 nitrogen and oxygen atoms in total. The van der Waals surface area contributed by atoms with E-state index in [0.29, 0.717) is 12.1 Å². The number of amides is 1. The van der Waals surface area contributed by atoms with Gasteiger partial charge in [-0.05, 0) is 68.8 Å². The van der Waals surface area contributed by atoms with Gasteiger partial charge < -0.3 is 10.6 Å². The van der Waals surface area contributed by atoms with Crippen molar-refractivity contribution in [3.05, 3.63) is 46.5 Å². The van der Waals surface area contributed by atoms with Crippen molar-refractivity contribution in [2.45, 2.75) is 51.6 Å². The Bertz CT molecular complexity index is 843. The molecule has 2 aliphatic rings. The van der Waals surface area contributed by atoms with E-state index in [2.05, 4.69) is 27.9 Å². The molecule has 2 heterocycles. The Morgan fingerprint density at radius 3 is 2.85 bits per heavy atom. The molecular formula is C20H26FN5O. The number of piperidine rings is 1. The number of hydrogen-bond acceptors (Lipinski definition) is 4. The summed E-state index contributed by atoms with van der Waals surface area (Å²) in [6.07, 6.45) is 3.52. The lowest BCUT2D eigenvalue weighted by Gasteiger charge is -2.32. The Balaban J connectivity index is 1.56. The molecule has 144 valence electrons. The predicted molar refractivity (Wildman–Crippen MR) is 100.0 cm³/mol. The minimum Gasteiger partial charge on any atom is -0.343 e. The van der Waals surface area contributed by atoms with Crippen molar-refractivity contribution in [2.24, 2.45) is 5.92 Å². The quantitative estimate of drug-likeness (QED) is 0.870. The predicted octanol–water partition coefficient (Wildman–Crippen LogP) is 2.70. The number of carbonyl (C=O) groups excluding carboxylic acids is 1. The van der Waals surface area contributed by atoms with E-state index in [0.717, 1.165) is 49.2 Å². The van der Waals surface area contributed by atoms with Crippen molar-refractivity contribution in [1.29, 1.82) is 0 Å². The van der Waals surface area contributed by atoms with E-state index in [4.69, 9.17) is 0 Å². The van der Waals surface area contributed by atoms with Gasteiger partial charge in [-0.3, -0.25) is 4.79 Å². The van der Waals surface area contributed by atoms with Crippen LogP contribution in [0.3, 0.4) is 0 Å². The normalized spacial score (nSPS) is 23.1. The summed E-state index contributed by atoms with van der Waals surface area (Å²) in [6, 6.07) is 5.19. The fourth-order valence-electron chi connectivity index (χ4n) is 4.35. The van der Waals surface area contributed by atoms with Gasteiger partial charge in [-0.25, -0.2) is 9.07 Å². The number of halogens is 1. The summed E-state index contributed by atoms with van der Waals surface area (Å²) in [7, 11) is 0. The Morgan fingerprint density at radius 2 is 2.07 bits per heavy atom. The summed E-state index contributed by atoms with van der Waals surface area (Å²) in [5, 5.41) is 14.8. The van der Waals surface area contributed by atoms with Gasteiger partial charge in [0.25, 0.3) is 5.91 Å². The van der Waals surface area contributed by atoms with Crippen molar-refractivity contribution in [3.8, 4) is 0 Å². The monoisotopic (exact) mass is 371 g/mol. The van der Waals surface area contributed by atoms with E-state index in [9.17, 15) is 9.18 Å². The molecule has 0 bridgehead atoms. The van der Waals surface area contributed by atoms with Crippen molar-refractivity contribution in [2.75, 3.05) is 13.1 Å². The molecule has 0 unspecified atom stereocenters. The molecule has 1 aliphatic carbocycles. The number of nitrogens with zero attached hydrogens (tertiary/aromatic N) is 3. The molecule has 1 aromatic carbocycles. The van der Waals surface area contributed by atoms with Crippen LogP contribution in [0.2, 0.25) is 0 Å². The molecule has 1 saturated heterocycles. The third-order valence-electron chi connectivity index (χ3n) is 5.99. The molecule has 27 heavy (non-hydrogen) atoms. The van der Waals surface area contributed by atoms with Crippen molar-refractivity contribution >= 4 is 5.91 Å². The zero-order valence-electron chi connectivity index (χ0n) is 15.8. The SMILES string of the molecule is Cc1c(C(=O)N[C@H]2c3cccc(F)c3CC[C@H]2C)nnn1C1CCNCC1. The molecule has 2 aromatic rings. The van der Waals surface area contributed by atoms with Gasteiger partial charge in [0.1, 0.15) is 5.82 Å². The van der Waals surface area contributed by atoms with Crippen LogP contribution in [0.25, 0.3) is 0 Å². The summed E-state index contributed by atoms with van der Waals surface area (Å²) in [4.78, 5) is 12.9. The van der Waals surface area contributed by atoms with Gasteiger partial charge in [0, 0.05) is 0 Å². The lowest BCUT2D eigenvalue weighted by Crippen LogP contribution is -2.36. The van der Waals surface area contributed by atoms with Crippen LogP contribution in [0.4, 0.5) is 4.39 Å². The maximum atomic E-state index is 14.2. The smallest absolute Gasteiger partial charge is 0.274 e. The van der Waals surface area contributed by atoms with Gasteiger partial charge in [-0.2, -0.15) is 0 Å². The molecular weight excluding hydrogens is 345 g/mol. The van der Waals surface area contributed by atoms with Crippen LogP contribution in [-0.2, 0) is 6.42 Å². The number of nitrogens with one attached hydrogen (secondary N) is 2. The molecule has 2 atom stereocenters. The van der Waals surface area contributed by atoms with Crippen LogP contribution >= 0.6 is 0 Å². The van der Waals surface area contributed by atoms with E-state index in [1.807, 2.05) is 17.7 Å². The zero-order valence-corrected chi connectivity index (χ0v) is 15.8. The maximum absolute atomic E-state index is 14.2. The summed E-state index contributed by atoms with van der Waals surface area (Å²) in [5.74, 6) is -0.184. The van der Waals surface area contributed by atoms with Crippen LogP contribution in [0.5, 0.6) is 0 Å². The van der Waals surface area contributed by atoms with E-state index >= 15 is 0 Å². The van der Waals surface area contributed by atoms with Crippen LogP contribution in [0.1, 0.15) is 65.6 Å². The van der Waals surface area contributed by atoms with Gasteiger partial charge in [-0.1, -0.05) is 24.3 Å². The number of rotatable bonds is 3. The topological polar surface area (TPSA) is 71.8 Å².